The number of hydrogen-bond acceptors (Lipinski definition) is 5. The smallest absolute Gasteiger partial charge is 0.234 e. The van der Waals surface area contributed by atoms with Crippen molar-refractivity contribution in [2.24, 2.45) is 0 Å². The van der Waals surface area contributed by atoms with E-state index in [-0.39, 0.29) is 17.4 Å². The van der Waals surface area contributed by atoms with Crippen LogP contribution in [0.5, 0.6) is 5.75 Å². The highest BCUT2D eigenvalue weighted by Gasteiger charge is 2.11. The minimum Gasteiger partial charge on any atom is -0.497 e. The zero-order chi connectivity index (χ0) is 20.1. The number of benzene rings is 2. The maximum atomic E-state index is 12.3. The number of anilines is 1. The second-order valence-electron chi connectivity index (χ2n) is 6.34. The normalized spacial score (nSPS) is 10.7. The molecule has 5 nitrogen and oxygen atoms in total. The predicted octanol–water partition coefficient (Wildman–Crippen LogP) is 4.74. The van der Waals surface area contributed by atoms with Gasteiger partial charge < -0.3 is 10.1 Å². The van der Waals surface area contributed by atoms with Crippen LogP contribution in [0.2, 0.25) is 0 Å². The van der Waals surface area contributed by atoms with Crippen molar-refractivity contribution in [2.45, 2.75) is 25.3 Å². The lowest BCUT2D eigenvalue weighted by Gasteiger charge is -2.10. The fourth-order valence-electron chi connectivity index (χ4n) is 2.81. The van der Waals surface area contributed by atoms with Crippen LogP contribution < -0.4 is 10.1 Å². The number of thioether (sulfide) groups is 1. The number of carbonyl (C=O) groups is 2. The highest BCUT2D eigenvalue weighted by atomic mass is 32.2. The maximum absolute atomic E-state index is 12.3. The lowest BCUT2D eigenvalue weighted by Crippen LogP contribution is -2.14. The quantitative estimate of drug-likeness (QED) is 0.463. The molecule has 0 bridgehead atoms. The van der Waals surface area contributed by atoms with Gasteiger partial charge in [0, 0.05) is 16.6 Å². The number of rotatable bonds is 7. The Kier molecular flexibility index (Phi) is 6.31. The number of ether oxygens (including phenoxy) is 1. The first-order chi connectivity index (χ1) is 13.5. The molecule has 0 aliphatic rings. The first-order valence-corrected chi connectivity index (χ1v) is 10.00. The summed E-state index contributed by atoms with van der Waals surface area (Å²) in [5, 5.41) is 4.74. The van der Waals surface area contributed by atoms with Crippen LogP contribution in [0.25, 0.3) is 10.9 Å². The Morgan fingerprint density at radius 1 is 1.11 bits per heavy atom. The fourth-order valence-corrected chi connectivity index (χ4v) is 3.70. The first kappa shape index (κ1) is 19.9. The number of Topliss-reactive ketones (excluding diaryl/α,β-unsaturated/α-hetero) is 1. The molecule has 6 heteroatoms. The summed E-state index contributed by atoms with van der Waals surface area (Å²) >= 11 is 1.42. The monoisotopic (exact) mass is 394 g/mol. The highest BCUT2D eigenvalue weighted by molar-refractivity contribution is 8.00. The van der Waals surface area contributed by atoms with E-state index in [0.29, 0.717) is 11.3 Å². The molecule has 0 unspecified atom stereocenters. The van der Waals surface area contributed by atoms with E-state index in [4.69, 9.17) is 9.72 Å². The summed E-state index contributed by atoms with van der Waals surface area (Å²) in [7, 11) is 1.64. The fraction of sp³-hybridized carbons (Fsp3) is 0.227. The summed E-state index contributed by atoms with van der Waals surface area (Å²) in [5.74, 6) is 0.947. The number of fused-ring (bicyclic) bond motifs is 1. The molecule has 144 valence electrons. The van der Waals surface area contributed by atoms with Crippen molar-refractivity contribution in [3.05, 3.63) is 59.7 Å². The molecule has 2 aromatic carbocycles. The number of aryl methyl sites for hydroxylation is 1. The van der Waals surface area contributed by atoms with E-state index >= 15 is 0 Å². The molecule has 0 aliphatic carbocycles. The lowest BCUT2D eigenvalue weighted by atomic mass is 10.1. The van der Waals surface area contributed by atoms with E-state index in [0.717, 1.165) is 33.7 Å². The average molecular weight is 394 g/mol. The largest absolute Gasteiger partial charge is 0.497 e. The maximum Gasteiger partial charge on any atom is 0.234 e. The number of hydrogen-bond donors (Lipinski definition) is 1. The molecule has 1 N–H and O–H groups in total. The Balaban J connectivity index is 1.69. The number of pyridine rings is 1. The Labute approximate surface area is 168 Å². The SMILES string of the molecule is CCc1cc2cc(OC)ccc2nc1SCC(=O)Nc1ccc(C(C)=O)cc1. The number of nitrogens with one attached hydrogen (secondary N) is 1. The number of ketones is 1. The van der Waals surface area contributed by atoms with Crippen LogP contribution in [0.4, 0.5) is 5.69 Å². The van der Waals surface area contributed by atoms with Gasteiger partial charge in [-0.1, -0.05) is 18.7 Å². The van der Waals surface area contributed by atoms with Crippen molar-refractivity contribution in [1.29, 1.82) is 0 Å². The predicted molar refractivity (Wildman–Crippen MR) is 113 cm³/mol. The summed E-state index contributed by atoms with van der Waals surface area (Å²) in [6.07, 6.45) is 0.830. The number of aromatic nitrogens is 1. The van der Waals surface area contributed by atoms with Gasteiger partial charge in [-0.15, -0.1) is 0 Å². The van der Waals surface area contributed by atoms with E-state index < -0.39 is 0 Å². The second kappa shape index (κ2) is 8.89. The average Bonchev–Trinajstić information content (AvgIpc) is 2.71. The van der Waals surface area contributed by atoms with Crippen LogP contribution in [0, 0.1) is 0 Å². The van der Waals surface area contributed by atoms with Gasteiger partial charge in [-0.25, -0.2) is 4.98 Å². The molecule has 1 amide bonds. The number of methoxy groups -OCH3 is 1. The molecule has 1 aromatic heterocycles. The van der Waals surface area contributed by atoms with Gasteiger partial charge in [0.15, 0.2) is 5.78 Å². The van der Waals surface area contributed by atoms with Crippen LogP contribution in [0.1, 0.15) is 29.8 Å². The van der Waals surface area contributed by atoms with Crippen molar-refractivity contribution in [2.75, 3.05) is 18.2 Å². The second-order valence-corrected chi connectivity index (χ2v) is 7.30. The van der Waals surface area contributed by atoms with Gasteiger partial charge in [0.25, 0.3) is 0 Å². The van der Waals surface area contributed by atoms with Crippen molar-refractivity contribution in [3.8, 4) is 5.75 Å². The lowest BCUT2D eigenvalue weighted by molar-refractivity contribution is -0.113. The summed E-state index contributed by atoms with van der Waals surface area (Å²) in [4.78, 5) is 28.4. The molecule has 3 rings (SSSR count). The minimum atomic E-state index is -0.112. The van der Waals surface area contributed by atoms with Crippen molar-refractivity contribution < 1.29 is 14.3 Å². The van der Waals surface area contributed by atoms with Gasteiger partial charge in [-0.05, 0) is 67.4 Å². The third kappa shape index (κ3) is 4.70. The summed E-state index contributed by atoms with van der Waals surface area (Å²) in [6, 6.07) is 14.8. The molecule has 0 aliphatic heterocycles. The Hall–Kier alpha value is -2.86. The molecule has 0 atom stereocenters. The zero-order valence-corrected chi connectivity index (χ0v) is 16.9. The minimum absolute atomic E-state index is 0.000487. The van der Waals surface area contributed by atoms with Crippen LogP contribution in [-0.4, -0.2) is 29.5 Å². The van der Waals surface area contributed by atoms with E-state index in [1.54, 1.807) is 31.4 Å². The molecule has 0 radical (unpaired) electrons. The molecule has 0 fully saturated rings. The molecule has 1 heterocycles. The van der Waals surface area contributed by atoms with Gasteiger partial charge in [-0.2, -0.15) is 0 Å². The van der Waals surface area contributed by atoms with Crippen LogP contribution >= 0.6 is 11.8 Å². The third-order valence-electron chi connectivity index (χ3n) is 4.36. The van der Waals surface area contributed by atoms with E-state index in [1.165, 1.54) is 18.7 Å². The molecular formula is C22H22N2O3S. The van der Waals surface area contributed by atoms with Gasteiger partial charge in [-0.3, -0.25) is 9.59 Å². The number of nitrogens with zero attached hydrogens (tertiary/aromatic N) is 1. The van der Waals surface area contributed by atoms with Crippen molar-refractivity contribution >= 4 is 40.0 Å². The topological polar surface area (TPSA) is 68.3 Å². The molecule has 0 spiro atoms. The highest BCUT2D eigenvalue weighted by Crippen LogP contribution is 2.28. The van der Waals surface area contributed by atoms with E-state index in [2.05, 4.69) is 18.3 Å². The Morgan fingerprint density at radius 3 is 2.50 bits per heavy atom. The number of amides is 1. The van der Waals surface area contributed by atoms with Gasteiger partial charge >= 0.3 is 0 Å². The molecule has 28 heavy (non-hydrogen) atoms. The Bertz CT molecular complexity index is 1020. The van der Waals surface area contributed by atoms with Gasteiger partial charge in [0.2, 0.25) is 5.91 Å². The van der Waals surface area contributed by atoms with E-state index in [1.807, 2.05) is 18.2 Å². The molecule has 0 saturated heterocycles. The molecule has 3 aromatic rings. The molecule has 0 saturated carbocycles. The van der Waals surface area contributed by atoms with Gasteiger partial charge in [0.05, 0.1) is 18.4 Å². The van der Waals surface area contributed by atoms with Crippen molar-refractivity contribution in [3.63, 3.8) is 0 Å². The van der Waals surface area contributed by atoms with Gasteiger partial charge in [0.1, 0.15) is 10.8 Å². The standard InChI is InChI=1S/C22H22N2O3S/c1-4-15-11-17-12-19(27-3)9-10-20(17)24-22(15)28-13-21(26)23-18-7-5-16(6-8-18)14(2)25/h5-12H,4,13H2,1-3H3,(H,23,26). The number of carbonyl (C=O) groups excluding carboxylic acids is 2. The van der Waals surface area contributed by atoms with E-state index in [9.17, 15) is 9.59 Å². The van der Waals surface area contributed by atoms with Crippen LogP contribution in [0.15, 0.2) is 53.6 Å². The first-order valence-electron chi connectivity index (χ1n) is 9.01. The van der Waals surface area contributed by atoms with Crippen LogP contribution in [0.3, 0.4) is 0 Å². The zero-order valence-electron chi connectivity index (χ0n) is 16.1. The summed E-state index contributed by atoms with van der Waals surface area (Å²) in [5.41, 5.74) is 3.27. The van der Waals surface area contributed by atoms with Crippen LogP contribution in [-0.2, 0) is 11.2 Å². The Morgan fingerprint density at radius 2 is 1.86 bits per heavy atom. The third-order valence-corrected chi connectivity index (χ3v) is 5.39. The summed E-state index contributed by atoms with van der Waals surface area (Å²) in [6.45, 7) is 3.59. The summed E-state index contributed by atoms with van der Waals surface area (Å²) < 4.78 is 5.28. The van der Waals surface area contributed by atoms with Crippen molar-refractivity contribution in [1.82, 2.24) is 4.98 Å². The molecular weight excluding hydrogens is 372 g/mol.